The van der Waals surface area contributed by atoms with E-state index in [0.29, 0.717) is 21.6 Å². The van der Waals surface area contributed by atoms with Crippen LogP contribution in [0.1, 0.15) is 6.92 Å². The summed E-state index contributed by atoms with van der Waals surface area (Å²) in [7, 11) is 0. The van der Waals surface area contributed by atoms with E-state index in [2.05, 4.69) is 15.6 Å². The van der Waals surface area contributed by atoms with Gasteiger partial charge in [-0.15, -0.1) is 11.3 Å². The number of benzene rings is 2. The summed E-state index contributed by atoms with van der Waals surface area (Å²) in [5.74, 6) is -0.512. The highest BCUT2D eigenvalue weighted by atomic mass is 32.1. The molecular formula is C22H18N4O3S. The van der Waals surface area contributed by atoms with Crippen LogP contribution in [-0.2, 0) is 16.1 Å². The minimum absolute atomic E-state index is 0.147. The van der Waals surface area contributed by atoms with Crippen LogP contribution in [0.5, 0.6) is 0 Å². The fraction of sp³-hybridized carbons (Fsp3) is 0.0909. The Hall–Kier alpha value is -3.78. The summed E-state index contributed by atoms with van der Waals surface area (Å²) >= 11 is 1.45. The molecule has 2 aromatic carbocycles. The minimum Gasteiger partial charge on any atom is -0.326 e. The van der Waals surface area contributed by atoms with E-state index in [1.165, 1.54) is 29.2 Å². The zero-order valence-electron chi connectivity index (χ0n) is 16.1. The summed E-state index contributed by atoms with van der Waals surface area (Å²) in [6.07, 6.45) is 1.40. The van der Waals surface area contributed by atoms with Gasteiger partial charge in [-0.05, 0) is 35.9 Å². The van der Waals surface area contributed by atoms with Gasteiger partial charge in [0.25, 0.3) is 5.56 Å². The summed E-state index contributed by atoms with van der Waals surface area (Å²) in [5, 5.41) is 5.89. The third-order valence-corrected chi connectivity index (χ3v) is 5.47. The summed E-state index contributed by atoms with van der Waals surface area (Å²) < 4.78 is 1.30. The second-order valence-electron chi connectivity index (χ2n) is 6.68. The summed E-state index contributed by atoms with van der Waals surface area (Å²) in [5.41, 5.74) is 1.97. The van der Waals surface area contributed by atoms with E-state index in [0.717, 1.165) is 10.4 Å². The second-order valence-corrected chi connectivity index (χ2v) is 7.71. The van der Waals surface area contributed by atoms with Gasteiger partial charge in [-0.3, -0.25) is 19.0 Å². The second kappa shape index (κ2) is 8.30. The number of aromatic nitrogens is 2. The van der Waals surface area contributed by atoms with Crippen molar-refractivity contribution >= 4 is 44.7 Å². The number of nitrogens with zero attached hydrogens (tertiary/aromatic N) is 2. The van der Waals surface area contributed by atoms with Gasteiger partial charge >= 0.3 is 0 Å². The number of anilines is 2. The van der Waals surface area contributed by atoms with Crippen molar-refractivity contribution in [3.05, 3.63) is 77.3 Å². The van der Waals surface area contributed by atoms with Gasteiger partial charge in [0.1, 0.15) is 11.4 Å². The first-order chi connectivity index (χ1) is 14.5. The SMILES string of the molecule is CC(=O)Nc1ccc(NC(=O)Cn2cnc3sc(-c4ccccc4)cc3c2=O)cc1. The Labute approximate surface area is 176 Å². The molecule has 0 bridgehead atoms. The fourth-order valence-electron chi connectivity index (χ4n) is 3.01. The number of nitrogens with one attached hydrogen (secondary N) is 2. The molecule has 2 aromatic heterocycles. The van der Waals surface area contributed by atoms with Crippen LogP contribution in [0.2, 0.25) is 0 Å². The number of amides is 2. The summed E-state index contributed by atoms with van der Waals surface area (Å²) in [4.78, 5) is 42.2. The van der Waals surface area contributed by atoms with Crippen molar-refractivity contribution in [1.82, 2.24) is 9.55 Å². The molecule has 4 aromatic rings. The lowest BCUT2D eigenvalue weighted by Gasteiger charge is -2.08. The van der Waals surface area contributed by atoms with Crippen molar-refractivity contribution in [2.45, 2.75) is 13.5 Å². The third-order valence-electron chi connectivity index (χ3n) is 4.38. The lowest BCUT2D eigenvalue weighted by molar-refractivity contribution is -0.117. The Morgan fingerprint density at radius 3 is 2.33 bits per heavy atom. The maximum absolute atomic E-state index is 12.8. The van der Waals surface area contributed by atoms with E-state index in [4.69, 9.17) is 0 Å². The average Bonchev–Trinajstić information content (AvgIpc) is 3.17. The van der Waals surface area contributed by atoms with E-state index < -0.39 is 0 Å². The predicted octanol–water partition coefficient (Wildman–Crippen LogP) is 3.72. The molecule has 0 atom stereocenters. The first-order valence-electron chi connectivity index (χ1n) is 9.21. The van der Waals surface area contributed by atoms with Gasteiger partial charge in [-0.1, -0.05) is 30.3 Å². The maximum Gasteiger partial charge on any atom is 0.262 e. The molecule has 0 saturated heterocycles. The van der Waals surface area contributed by atoms with Crippen LogP contribution >= 0.6 is 11.3 Å². The van der Waals surface area contributed by atoms with Crippen molar-refractivity contribution in [3.8, 4) is 10.4 Å². The van der Waals surface area contributed by atoms with Crippen molar-refractivity contribution in [3.63, 3.8) is 0 Å². The van der Waals surface area contributed by atoms with Crippen LogP contribution < -0.4 is 16.2 Å². The molecule has 0 aliphatic rings. The van der Waals surface area contributed by atoms with Crippen LogP contribution in [0.3, 0.4) is 0 Å². The normalized spacial score (nSPS) is 10.7. The maximum atomic E-state index is 12.8. The molecule has 0 fully saturated rings. The molecule has 7 nitrogen and oxygen atoms in total. The number of hydrogen-bond donors (Lipinski definition) is 2. The largest absolute Gasteiger partial charge is 0.326 e. The molecule has 30 heavy (non-hydrogen) atoms. The van der Waals surface area contributed by atoms with Gasteiger partial charge in [0.05, 0.1) is 11.7 Å². The van der Waals surface area contributed by atoms with Crippen LogP contribution in [0.4, 0.5) is 11.4 Å². The quantitative estimate of drug-likeness (QED) is 0.517. The van der Waals surface area contributed by atoms with E-state index in [-0.39, 0.29) is 23.9 Å². The molecule has 2 heterocycles. The molecule has 0 saturated carbocycles. The van der Waals surface area contributed by atoms with Gasteiger partial charge in [0, 0.05) is 23.2 Å². The van der Waals surface area contributed by atoms with Gasteiger partial charge in [-0.2, -0.15) is 0 Å². The average molecular weight is 418 g/mol. The highest BCUT2D eigenvalue weighted by Crippen LogP contribution is 2.30. The molecule has 8 heteroatoms. The molecule has 0 unspecified atom stereocenters. The van der Waals surface area contributed by atoms with Gasteiger partial charge < -0.3 is 10.6 Å². The Kier molecular flexibility index (Phi) is 5.40. The van der Waals surface area contributed by atoms with Crippen LogP contribution in [0, 0.1) is 0 Å². The number of hydrogen-bond acceptors (Lipinski definition) is 5. The molecule has 150 valence electrons. The molecule has 0 aliphatic heterocycles. The van der Waals surface area contributed by atoms with Crippen LogP contribution in [0.15, 0.2) is 71.8 Å². The zero-order valence-corrected chi connectivity index (χ0v) is 16.9. The Morgan fingerprint density at radius 1 is 1.00 bits per heavy atom. The predicted molar refractivity (Wildman–Crippen MR) is 119 cm³/mol. The third kappa shape index (κ3) is 4.28. The summed E-state index contributed by atoms with van der Waals surface area (Å²) in [6.45, 7) is 1.28. The molecule has 2 N–H and O–H groups in total. The number of carbonyl (C=O) groups is 2. The minimum atomic E-state index is -0.343. The molecule has 0 aliphatic carbocycles. The Balaban J connectivity index is 1.50. The Morgan fingerprint density at radius 2 is 1.67 bits per heavy atom. The molecule has 4 rings (SSSR count). The lowest BCUT2D eigenvalue weighted by atomic mass is 10.2. The van der Waals surface area contributed by atoms with Crippen LogP contribution in [0.25, 0.3) is 20.7 Å². The van der Waals surface area contributed by atoms with Crippen LogP contribution in [-0.4, -0.2) is 21.4 Å². The first kappa shape index (κ1) is 19.5. The van der Waals surface area contributed by atoms with Gasteiger partial charge in [-0.25, -0.2) is 4.98 Å². The van der Waals surface area contributed by atoms with E-state index in [1.54, 1.807) is 24.3 Å². The molecule has 2 amide bonds. The first-order valence-corrected chi connectivity index (χ1v) is 10.0. The standard InChI is InChI=1S/C22H18N4O3S/c1-14(27)24-16-7-9-17(10-8-16)25-20(28)12-26-13-23-21-18(22(26)29)11-19(30-21)15-5-3-2-4-6-15/h2-11,13H,12H2,1H3,(H,24,27)(H,25,28). The number of fused-ring (bicyclic) bond motifs is 1. The molecule has 0 radical (unpaired) electrons. The summed E-state index contributed by atoms with van der Waals surface area (Å²) in [6, 6.07) is 18.3. The van der Waals surface area contributed by atoms with Crippen molar-refractivity contribution in [1.29, 1.82) is 0 Å². The topological polar surface area (TPSA) is 93.1 Å². The number of thiophene rings is 1. The highest BCUT2D eigenvalue weighted by molar-refractivity contribution is 7.21. The fourth-order valence-corrected chi connectivity index (χ4v) is 4.01. The lowest BCUT2D eigenvalue weighted by Crippen LogP contribution is -2.27. The zero-order chi connectivity index (χ0) is 21.1. The monoisotopic (exact) mass is 418 g/mol. The van der Waals surface area contributed by atoms with E-state index >= 15 is 0 Å². The van der Waals surface area contributed by atoms with Crippen molar-refractivity contribution in [2.24, 2.45) is 0 Å². The van der Waals surface area contributed by atoms with Gasteiger partial charge in [0.15, 0.2) is 0 Å². The van der Waals surface area contributed by atoms with Gasteiger partial charge in [0.2, 0.25) is 11.8 Å². The van der Waals surface area contributed by atoms with Crippen molar-refractivity contribution in [2.75, 3.05) is 10.6 Å². The smallest absolute Gasteiger partial charge is 0.262 e. The molecular weight excluding hydrogens is 400 g/mol. The number of carbonyl (C=O) groups excluding carboxylic acids is 2. The van der Waals surface area contributed by atoms with E-state index in [1.807, 2.05) is 36.4 Å². The Bertz CT molecular complexity index is 1280. The number of rotatable bonds is 5. The molecule has 0 spiro atoms. The van der Waals surface area contributed by atoms with E-state index in [9.17, 15) is 14.4 Å². The highest BCUT2D eigenvalue weighted by Gasteiger charge is 2.12. The van der Waals surface area contributed by atoms with Crippen molar-refractivity contribution < 1.29 is 9.59 Å².